The van der Waals surface area contributed by atoms with Gasteiger partial charge in [0.25, 0.3) is 5.91 Å². The standard InChI is InChI=1S/C21H32N4O3.HI/c1-22-21(25(2)10-11-27-14-16-6-7-16)23-13-17-4-3-5-19(12-17)28-15-20(26)24-18-8-9-18;/h3-5,12,16,18H,6-11,13-15H2,1-2H3,(H,22,23)(H,24,26);1H. The van der Waals surface area contributed by atoms with E-state index in [-0.39, 0.29) is 36.5 Å². The molecule has 2 N–H and O–H groups in total. The van der Waals surface area contributed by atoms with Gasteiger partial charge in [0.05, 0.1) is 6.61 Å². The van der Waals surface area contributed by atoms with E-state index in [9.17, 15) is 4.79 Å². The lowest BCUT2D eigenvalue weighted by Crippen LogP contribution is -2.40. The Kier molecular flexibility index (Phi) is 9.99. The van der Waals surface area contributed by atoms with Crippen molar-refractivity contribution in [3.05, 3.63) is 29.8 Å². The van der Waals surface area contributed by atoms with Crippen LogP contribution in [0.1, 0.15) is 31.2 Å². The van der Waals surface area contributed by atoms with Crippen LogP contribution in [0, 0.1) is 5.92 Å². The quantitative estimate of drug-likeness (QED) is 0.205. The van der Waals surface area contributed by atoms with Crippen LogP contribution in [0.4, 0.5) is 0 Å². The van der Waals surface area contributed by atoms with Crippen LogP contribution in [0.15, 0.2) is 29.3 Å². The summed E-state index contributed by atoms with van der Waals surface area (Å²) < 4.78 is 11.3. The van der Waals surface area contributed by atoms with Crippen LogP contribution in [-0.2, 0) is 16.1 Å². The zero-order valence-electron chi connectivity index (χ0n) is 17.4. The van der Waals surface area contributed by atoms with Gasteiger partial charge in [0, 0.05) is 39.8 Å². The topological polar surface area (TPSA) is 75.2 Å². The van der Waals surface area contributed by atoms with Gasteiger partial charge >= 0.3 is 0 Å². The molecule has 162 valence electrons. The minimum atomic E-state index is -0.0584. The number of benzene rings is 1. The second-order valence-corrected chi connectivity index (χ2v) is 7.62. The molecule has 0 unspecified atom stereocenters. The summed E-state index contributed by atoms with van der Waals surface area (Å²) in [5.74, 6) is 2.25. The maximum Gasteiger partial charge on any atom is 0.258 e. The number of carbonyl (C=O) groups excluding carboxylic acids is 1. The predicted octanol–water partition coefficient (Wildman–Crippen LogP) is 2.40. The van der Waals surface area contributed by atoms with E-state index in [1.807, 2.05) is 31.3 Å². The number of aliphatic imine (C=N–C) groups is 1. The number of guanidine groups is 1. The minimum absolute atomic E-state index is 0. The highest BCUT2D eigenvalue weighted by Gasteiger charge is 2.23. The van der Waals surface area contributed by atoms with Crippen LogP contribution in [0.25, 0.3) is 0 Å². The third-order valence-electron chi connectivity index (χ3n) is 4.86. The van der Waals surface area contributed by atoms with Crippen molar-refractivity contribution in [2.45, 2.75) is 38.3 Å². The van der Waals surface area contributed by atoms with Crippen molar-refractivity contribution in [2.24, 2.45) is 10.9 Å². The molecule has 0 atom stereocenters. The number of hydrogen-bond donors (Lipinski definition) is 2. The lowest BCUT2D eigenvalue weighted by molar-refractivity contribution is -0.123. The van der Waals surface area contributed by atoms with Gasteiger partial charge in [-0.05, 0) is 49.3 Å². The second kappa shape index (κ2) is 12.2. The van der Waals surface area contributed by atoms with Crippen molar-refractivity contribution in [3.8, 4) is 5.75 Å². The molecule has 2 fully saturated rings. The Balaban J connectivity index is 0.00000300. The molecule has 1 aromatic carbocycles. The zero-order valence-corrected chi connectivity index (χ0v) is 19.7. The number of rotatable bonds is 11. The van der Waals surface area contributed by atoms with Gasteiger partial charge < -0.3 is 25.0 Å². The molecule has 3 rings (SSSR count). The molecular formula is C21H33IN4O3. The van der Waals surface area contributed by atoms with Gasteiger partial charge in [0.15, 0.2) is 12.6 Å². The fourth-order valence-corrected chi connectivity index (χ4v) is 2.80. The Morgan fingerprint density at radius 2 is 2.07 bits per heavy atom. The molecule has 1 amide bonds. The molecule has 8 heteroatoms. The van der Waals surface area contributed by atoms with Crippen LogP contribution in [0.2, 0.25) is 0 Å². The number of ether oxygens (including phenoxy) is 2. The molecule has 2 aliphatic carbocycles. The number of nitrogens with zero attached hydrogens (tertiary/aromatic N) is 2. The van der Waals surface area contributed by atoms with Gasteiger partial charge in [0.1, 0.15) is 5.75 Å². The van der Waals surface area contributed by atoms with Crippen LogP contribution in [0.5, 0.6) is 5.75 Å². The van der Waals surface area contributed by atoms with Crippen LogP contribution < -0.4 is 15.4 Å². The summed E-state index contributed by atoms with van der Waals surface area (Å²) >= 11 is 0. The van der Waals surface area contributed by atoms with E-state index in [4.69, 9.17) is 9.47 Å². The Morgan fingerprint density at radius 3 is 2.76 bits per heavy atom. The number of carbonyl (C=O) groups is 1. The number of hydrogen-bond acceptors (Lipinski definition) is 4. The van der Waals surface area contributed by atoms with Crippen LogP contribution >= 0.6 is 24.0 Å². The Hall–Kier alpha value is -1.55. The summed E-state index contributed by atoms with van der Waals surface area (Å²) in [6, 6.07) is 8.13. The largest absolute Gasteiger partial charge is 0.484 e. The molecule has 0 saturated heterocycles. The first-order valence-corrected chi connectivity index (χ1v) is 10.1. The van der Waals surface area contributed by atoms with Gasteiger partial charge in [-0.3, -0.25) is 9.79 Å². The van der Waals surface area contributed by atoms with Crippen molar-refractivity contribution in [1.82, 2.24) is 15.5 Å². The Labute approximate surface area is 190 Å². The molecule has 0 heterocycles. The number of nitrogens with one attached hydrogen (secondary N) is 2. The summed E-state index contributed by atoms with van der Waals surface area (Å²) in [5, 5.41) is 6.28. The van der Waals surface area contributed by atoms with E-state index in [1.54, 1.807) is 7.05 Å². The van der Waals surface area contributed by atoms with E-state index < -0.39 is 0 Å². The lowest BCUT2D eigenvalue weighted by atomic mass is 10.2. The summed E-state index contributed by atoms with van der Waals surface area (Å²) in [6.45, 7) is 3.07. The molecule has 0 spiro atoms. The zero-order chi connectivity index (χ0) is 19.8. The molecule has 0 bridgehead atoms. The Morgan fingerprint density at radius 1 is 1.28 bits per heavy atom. The highest BCUT2D eigenvalue weighted by atomic mass is 127. The van der Waals surface area contributed by atoms with Gasteiger partial charge in [-0.25, -0.2) is 0 Å². The van der Waals surface area contributed by atoms with Gasteiger partial charge in [-0.2, -0.15) is 0 Å². The second-order valence-electron chi connectivity index (χ2n) is 7.62. The fourth-order valence-electron chi connectivity index (χ4n) is 2.80. The Bertz CT molecular complexity index is 678. The molecule has 2 aliphatic rings. The van der Waals surface area contributed by atoms with Crippen molar-refractivity contribution >= 4 is 35.8 Å². The fraction of sp³-hybridized carbons (Fsp3) is 0.619. The molecule has 0 radical (unpaired) electrons. The van der Waals surface area contributed by atoms with Crippen LogP contribution in [-0.4, -0.2) is 63.3 Å². The highest BCUT2D eigenvalue weighted by molar-refractivity contribution is 14.0. The molecule has 1 aromatic rings. The molecule has 0 aromatic heterocycles. The van der Waals surface area contributed by atoms with Crippen LogP contribution in [0.3, 0.4) is 0 Å². The summed E-state index contributed by atoms with van der Waals surface area (Å²) in [5.41, 5.74) is 1.07. The van der Waals surface area contributed by atoms with E-state index in [2.05, 4.69) is 20.5 Å². The van der Waals surface area contributed by atoms with E-state index >= 15 is 0 Å². The smallest absolute Gasteiger partial charge is 0.258 e. The first-order valence-electron chi connectivity index (χ1n) is 10.1. The summed E-state index contributed by atoms with van der Waals surface area (Å²) in [6.07, 6.45) is 4.78. The normalized spacial score (nSPS) is 16.0. The maximum atomic E-state index is 11.7. The minimum Gasteiger partial charge on any atom is -0.484 e. The van der Waals surface area contributed by atoms with Gasteiger partial charge in [0.2, 0.25) is 0 Å². The van der Waals surface area contributed by atoms with Gasteiger partial charge in [-0.1, -0.05) is 12.1 Å². The van der Waals surface area contributed by atoms with E-state index in [0.29, 0.717) is 24.9 Å². The first kappa shape index (κ1) is 23.7. The molecule has 29 heavy (non-hydrogen) atoms. The van der Waals surface area contributed by atoms with Crippen molar-refractivity contribution in [3.63, 3.8) is 0 Å². The monoisotopic (exact) mass is 516 g/mol. The number of halogens is 1. The molecule has 2 saturated carbocycles. The summed E-state index contributed by atoms with van der Waals surface area (Å²) in [4.78, 5) is 18.2. The third-order valence-corrected chi connectivity index (χ3v) is 4.86. The molecular weight excluding hydrogens is 483 g/mol. The average Bonchev–Trinajstić information content (AvgIpc) is 3.60. The lowest BCUT2D eigenvalue weighted by Gasteiger charge is -2.22. The SMILES string of the molecule is CN=C(NCc1cccc(OCC(=O)NC2CC2)c1)N(C)CCOCC1CC1.I. The molecule has 7 nitrogen and oxygen atoms in total. The van der Waals surface area contributed by atoms with Crippen molar-refractivity contribution in [2.75, 3.05) is 40.5 Å². The predicted molar refractivity (Wildman–Crippen MR) is 125 cm³/mol. The first-order chi connectivity index (χ1) is 13.6. The van der Waals surface area contributed by atoms with E-state index in [1.165, 1.54) is 12.8 Å². The van der Waals surface area contributed by atoms with E-state index in [0.717, 1.165) is 43.4 Å². The van der Waals surface area contributed by atoms with Crippen molar-refractivity contribution < 1.29 is 14.3 Å². The van der Waals surface area contributed by atoms with Gasteiger partial charge in [-0.15, -0.1) is 24.0 Å². The van der Waals surface area contributed by atoms with Crippen molar-refractivity contribution in [1.29, 1.82) is 0 Å². The highest BCUT2D eigenvalue weighted by Crippen LogP contribution is 2.28. The third kappa shape index (κ3) is 9.20. The average molecular weight is 516 g/mol. The number of likely N-dealkylation sites (N-methyl/N-ethyl adjacent to an activating group) is 1. The summed E-state index contributed by atoms with van der Waals surface area (Å²) in [7, 11) is 3.79. The maximum absolute atomic E-state index is 11.7. The number of amides is 1. The molecule has 0 aliphatic heterocycles.